The Bertz CT molecular complexity index is 170. The fourth-order valence-electron chi connectivity index (χ4n) is 1.67. The van der Waals surface area contributed by atoms with Crippen molar-refractivity contribution in [3.05, 3.63) is 10.1 Å². The Morgan fingerprint density at radius 3 is 1.69 bits per heavy atom. The second-order valence-corrected chi connectivity index (χ2v) is 4.10. The average molecular weight is 187 g/mol. The molecule has 0 saturated carbocycles. The molecule has 0 radical (unpaired) electrons. The summed E-state index contributed by atoms with van der Waals surface area (Å²) in [5.41, 5.74) is -0.760. The summed E-state index contributed by atoms with van der Waals surface area (Å²) in [5, 5.41) is 11.0. The van der Waals surface area contributed by atoms with Gasteiger partial charge in [-0.3, -0.25) is 10.1 Å². The highest BCUT2D eigenvalue weighted by Gasteiger charge is 2.46. The highest BCUT2D eigenvalue weighted by atomic mass is 16.6. The molecular formula is C10H21NO2. The average Bonchev–Trinajstić information content (AvgIpc) is 2.13. The summed E-state index contributed by atoms with van der Waals surface area (Å²) < 4.78 is 0. The molecule has 3 heteroatoms. The van der Waals surface area contributed by atoms with Gasteiger partial charge in [0.05, 0.1) is 0 Å². The molecule has 2 unspecified atom stereocenters. The minimum atomic E-state index is -0.760. The Kier molecular flexibility index (Phi) is 4.37. The van der Waals surface area contributed by atoms with E-state index in [1.165, 1.54) is 0 Å². The van der Waals surface area contributed by atoms with Gasteiger partial charge < -0.3 is 0 Å². The van der Waals surface area contributed by atoms with Gasteiger partial charge in [0.2, 0.25) is 5.54 Å². The summed E-state index contributed by atoms with van der Waals surface area (Å²) in [7, 11) is 0. The Hall–Kier alpha value is -0.600. The second-order valence-electron chi connectivity index (χ2n) is 4.10. The van der Waals surface area contributed by atoms with E-state index in [1.54, 1.807) is 6.92 Å². The number of rotatable bonds is 5. The van der Waals surface area contributed by atoms with Gasteiger partial charge in [-0.05, 0) is 12.8 Å². The van der Waals surface area contributed by atoms with Crippen LogP contribution in [0.2, 0.25) is 0 Å². The van der Waals surface area contributed by atoms with E-state index in [4.69, 9.17) is 0 Å². The maximum atomic E-state index is 11.0. The molecule has 0 bridgehead atoms. The summed E-state index contributed by atoms with van der Waals surface area (Å²) in [6.45, 7) is 9.73. The Morgan fingerprint density at radius 1 is 1.23 bits per heavy atom. The third kappa shape index (κ3) is 2.20. The lowest BCUT2D eigenvalue weighted by Gasteiger charge is -2.31. The van der Waals surface area contributed by atoms with Crippen LogP contribution in [0.15, 0.2) is 0 Å². The standard InChI is InChI=1S/C10H21NO2/c1-6-8(3)10(5,11(12)13)9(4)7-2/h8-9H,6-7H2,1-5H3. The first-order chi connectivity index (χ1) is 5.91. The zero-order valence-corrected chi connectivity index (χ0v) is 9.33. The first-order valence-corrected chi connectivity index (χ1v) is 5.05. The molecule has 0 aromatic carbocycles. The molecule has 0 aliphatic heterocycles. The van der Waals surface area contributed by atoms with Crippen molar-refractivity contribution < 1.29 is 4.92 Å². The second kappa shape index (κ2) is 4.58. The van der Waals surface area contributed by atoms with Crippen molar-refractivity contribution in [1.29, 1.82) is 0 Å². The third-order valence-electron chi connectivity index (χ3n) is 3.61. The quantitative estimate of drug-likeness (QED) is 0.490. The van der Waals surface area contributed by atoms with E-state index in [-0.39, 0.29) is 16.8 Å². The molecule has 0 heterocycles. The van der Waals surface area contributed by atoms with E-state index >= 15 is 0 Å². The summed E-state index contributed by atoms with van der Waals surface area (Å²) in [5.74, 6) is 0.273. The van der Waals surface area contributed by atoms with Crippen molar-refractivity contribution in [2.45, 2.75) is 53.0 Å². The smallest absolute Gasteiger partial charge is 0.224 e. The van der Waals surface area contributed by atoms with Crippen molar-refractivity contribution in [1.82, 2.24) is 0 Å². The molecule has 0 rings (SSSR count). The van der Waals surface area contributed by atoms with Crippen LogP contribution in [0.4, 0.5) is 0 Å². The highest BCUT2D eigenvalue weighted by molar-refractivity contribution is 4.84. The Balaban J connectivity index is 4.82. The van der Waals surface area contributed by atoms with Gasteiger partial charge in [0.1, 0.15) is 0 Å². The van der Waals surface area contributed by atoms with Gasteiger partial charge in [-0.25, -0.2) is 0 Å². The topological polar surface area (TPSA) is 43.1 Å². The maximum absolute atomic E-state index is 11.0. The lowest BCUT2D eigenvalue weighted by Crippen LogP contribution is -2.47. The number of hydrogen-bond donors (Lipinski definition) is 0. The first-order valence-electron chi connectivity index (χ1n) is 5.05. The molecule has 0 aromatic heterocycles. The SMILES string of the molecule is CCC(C)C(C)(C(C)CC)[N+](=O)[O-]. The summed E-state index contributed by atoms with van der Waals surface area (Å²) in [4.78, 5) is 10.9. The summed E-state index contributed by atoms with van der Waals surface area (Å²) in [6, 6.07) is 0. The Labute approximate surface area is 80.7 Å². The minimum absolute atomic E-state index is 0.102. The summed E-state index contributed by atoms with van der Waals surface area (Å²) >= 11 is 0. The van der Waals surface area contributed by atoms with Crippen molar-refractivity contribution >= 4 is 0 Å². The van der Waals surface area contributed by atoms with Crippen LogP contribution in [-0.2, 0) is 0 Å². The van der Waals surface area contributed by atoms with E-state index in [9.17, 15) is 10.1 Å². The Morgan fingerprint density at radius 2 is 1.54 bits per heavy atom. The van der Waals surface area contributed by atoms with Crippen LogP contribution in [0.25, 0.3) is 0 Å². The normalized spacial score (nSPS) is 20.4. The molecule has 2 atom stereocenters. The lowest BCUT2D eigenvalue weighted by atomic mass is 9.75. The van der Waals surface area contributed by atoms with E-state index in [2.05, 4.69) is 0 Å². The largest absolute Gasteiger partial charge is 0.264 e. The van der Waals surface area contributed by atoms with Crippen molar-refractivity contribution in [2.75, 3.05) is 0 Å². The third-order valence-corrected chi connectivity index (χ3v) is 3.61. The molecule has 0 saturated heterocycles. The van der Waals surface area contributed by atoms with E-state index in [0.29, 0.717) is 0 Å². The molecule has 3 nitrogen and oxygen atoms in total. The van der Waals surface area contributed by atoms with E-state index in [0.717, 1.165) is 12.8 Å². The number of hydrogen-bond acceptors (Lipinski definition) is 2. The molecule has 0 aliphatic carbocycles. The zero-order chi connectivity index (χ0) is 10.6. The fraction of sp³-hybridized carbons (Fsp3) is 1.00. The van der Waals surface area contributed by atoms with Gasteiger partial charge in [-0.1, -0.05) is 27.7 Å². The van der Waals surface area contributed by atoms with Gasteiger partial charge in [0.15, 0.2) is 0 Å². The molecule has 0 fully saturated rings. The van der Waals surface area contributed by atoms with E-state index in [1.807, 2.05) is 27.7 Å². The predicted molar refractivity (Wildman–Crippen MR) is 54.3 cm³/mol. The van der Waals surface area contributed by atoms with Gasteiger partial charge in [-0.15, -0.1) is 0 Å². The van der Waals surface area contributed by atoms with Gasteiger partial charge in [-0.2, -0.15) is 0 Å². The van der Waals surface area contributed by atoms with Crippen molar-refractivity contribution in [2.24, 2.45) is 11.8 Å². The van der Waals surface area contributed by atoms with Crippen LogP contribution < -0.4 is 0 Å². The molecule has 0 aromatic rings. The zero-order valence-electron chi connectivity index (χ0n) is 9.33. The van der Waals surface area contributed by atoms with Gasteiger partial charge >= 0.3 is 0 Å². The summed E-state index contributed by atoms with van der Waals surface area (Å²) in [6.07, 6.45) is 1.73. The molecule has 78 valence electrons. The first kappa shape index (κ1) is 12.4. The predicted octanol–water partition coefficient (Wildman–Crippen LogP) is 3.11. The highest BCUT2D eigenvalue weighted by Crippen LogP contribution is 2.33. The van der Waals surface area contributed by atoms with Crippen molar-refractivity contribution in [3.8, 4) is 0 Å². The maximum Gasteiger partial charge on any atom is 0.224 e. The molecule has 13 heavy (non-hydrogen) atoms. The molecule has 0 spiro atoms. The van der Waals surface area contributed by atoms with Crippen LogP contribution >= 0.6 is 0 Å². The number of nitro groups is 1. The van der Waals surface area contributed by atoms with E-state index < -0.39 is 5.54 Å². The molecule has 0 N–H and O–H groups in total. The monoisotopic (exact) mass is 187 g/mol. The van der Waals surface area contributed by atoms with Gasteiger partial charge in [0.25, 0.3) is 0 Å². The van der Waals surface area contributed by atoms with Crippen LogP contribution in [0.3, 0.4) is 0 Å². The minimum Gasteiger partial charge on any atom is -0.264 e. The van der Waals surface area contributed by atoms with Crippen LogP contribution in [0, 0.1) is 22.0 Å². The fourth-order valence-corrected chi connectivity index (χ4v) is 1.67. The lowest BCUT2D eigenvalue weighted by molar-refractivity contribution is -0.586. The van der Waals surface area contributed by atoms with Crippen molar-refractivity contribution in [3.63, 3.8) is 0 Å². The molecular weight excluding hydrogens is 166 g/mol. The van der Waals surface area contributed by atoms with Crippen LogP contribution in [0.1, 0.15) is 47.5 Å². The van der Waals surface area contributed by atoms with Gasteiger partial charge in [0, 0.05) is 23.7 Å². The van der Waals surface area contributed by atoms with Crippen LogP contribution in [0.5, 0.6) is 0 Å². The molecule has 0 amide bonds. The van der Waals surface area contributed by atoms with Crippen LogP contribution in [-0.4, -0.2) is 10.5 Å². The molecule has 0 aliphatic rings. The number of nitrogens with zero attached hydrogens (tertiary/aromatic N) is 1.